The molecular weight excluding hydrogens is 240 g/mol. The smallest absolute Gasteiger partial charge is 0.269 e. The molecule has 1 aromatic carbocycles. The van der Waals surface area contributed by atoms with Crippen LogP contribution < -0.4 is 5.84 Å². The SMILES string of the molecule is NN1CCCC1.O=S(=O)(O)Cc1ccccc1. The predicted octanol–water partition coefficient (Wildman–Crippen LogP) is 1.03. The van der Waals surface area contributed by atoms with Crippen LogP contribution >= 0.6 is 0 Å². The van der Waals surface area contributed by atoms with Gasteiger partial charge in [0.15, 0.2) is 0 Å². The van der Waals surface area contributed by atoms with Crippen LogP contribution in [-0.2, 0) is 15.9 Å². The first kappa shape index (κ1) is 14.1. The standard InChI is InChI=1S/C7H8O3S.C4H10N2/c8-11(9,10)6-7-4-2-1-3-5-7;5-6-3-1-2-4-6/h1-5H,6H2,(H,8,9,10);1-5H2. The number of hydrogen-bond acceptors (Lipinski definition) is 4. The summed E-state index contributed by atoms with van der Waals surface area (Å²) in [5.41, 5.74) is 0.593. The minimum absolute atomic E-state index is 0.312. The first-order valence-electron chi connectivity index (χ1n) is 5.46. The van der Waals surface area contributed by atoms with E-state index in [0.29, 0.717) is 5.56 Å². The highest BCUT2D eigenvalue weighted by molar-refractivity contribution is 7.85. The van der Waals surface area contributed by atoms with Crippen molar-refractivity contribution >= 4 is 10.1 Å². The minimum Gasteiger partial charge on any atom is -0.285 e. The summed E-state index contributed by atoms with van der Waals surface area (Å²) in [6.07, 6.45) is 2.58. The van der Waals surface area contributed by atoms with Crippen LogP contribution in [0.15, 0.2) is 30.3 Å². The largest absolute Gasteiger partial charge is 0.285 e. The van der Waals surface area contributed by atoms with Gasteiger partial charge in [-0.15, -0.1) is 0 Å². The van der Waals surface area contributed by atoms with Gasteiger partial charge in [0.2, 0.25) is 0 Å². The van der Waals surface area contributed by atoms with E-state index in [2.05, 4.69) is 0 Å². The van der Waals surface area contributed by atoms with Crippen LogP contribution in [0.1, 0.15) is 18.4 Å². The molecule has 6 heteroatoms. The molecule has 0 bridgehead atoms. The highest BCUT2D eigenvalue weighted by Gasteiger charge is 2.04. The van der Waals surface area contributed by atoms with Gasteiger partial charge < -0.3 is 0 Å². The van der Waals surface area contributed by atoms with Gasteiger partial charge in [-0.2, -0.15) is 8.42 Å². The second-order valence-corrected chi connectivity index (χ2v) is 5.41. The van der Waals surface area contributed by atoms with Gasteiger partial charge in [0, 0.05) is 13.1 Å². The third-order valence-electron chi connectivity index (χ3n) is 2.33. The summed E-state index contributed by atoms with van der Waals surface area (Å²) in [4.78, 5) is 0. The van der Waals surface area contributed by atoms with Crippen LogP contribution in [0.2, 0.25) is 0 Å². The minimum atomic E-state index is -3.88. The van der Waals surface area contributed by atoms with Crippen LogP contribution in [0, 0.1) is 0 Å². The highest BCUT2D eigenvalue weighted by atomic mass is 32.2. The van der Waals surface area contributed by atoms with Crippen LogP contribution in [0.3, 0.4) is 0 Å². The average molecular weight is 258 g/mol. The molecule has 1 aromatic rings. The zero-order chi connectivity index (χ0) is 12.7. The van der Waals surface area contributed by atoms with Crippen LogP contribution in [0.4, 0.5) is 0 Å². The summed E-state index contributed by atoms with van der Waals surface area (Å²) in [6, 6.07) is 8.52. The first-order valence-corrected chi connectivity index (χ1v) is 7.07. The Morgan fingerprint density at radius 3 is 2.06 bits per heavy atom. The fraction of sp³-hybridized carbons (Fsp3) is 0.455. The second kappa shape index (κ2) is 6.70. The van der Waals surface area contributed by atoms with Gasteiger partial charge in [0.05, 0.1) is 0 Å². The number of nitrogens with two attached hydrogens (primary N) is 1. The van der Waals surface area contributed by atoms with Crippen molar-refractivity contribution in [3.8, 4) is 0 Å². The van der Waals surface area contributed by atoms with Crippen molar-refractivity contribution in [1.29, 1.82) is 0 Å². The van der Waals surface area contributed by atoms with Crippen molar-refractivity contribution in [1.82, 2.24) is 5.01 Å². The number of rotatable bonds is 2. The summed E-state index contributed by atoms with van der Waals surface area (Å²) in [6.45, 7) is 2.19. The van der Waals surface area contributed by atoms with E-state index in [4.69, 9.17) is 10.4 Å². The molecule has 1 heterocycles. The molecule has 0 amide bonds. The molecule has 2 rings (SSSR count). The number of hydrazine groups is 1. The Kier molecular flexibility index (Phi) is 5.57. The topological polar surface area (TPSA) is 83.6 Å². The average Bonchev–Trinajstić information content (AvgIpc) is 2.69. The lowest BCUT2D eigenvalue weighted by molar-refractivity contribution is 0.355. The molecule has 5 nitrogen and oxygen atoms in total. The van der Waals surface area contributed by atoms with Crippen LogP contribution in [0.25, 0.3) is 0 Å². The van der Waals surface area contributed by atoms with Crippen molar-refractivity contribution in [2.24, 2.45) is 5.84 Å². The van der Waals surface area contributed by atoms with Crippen molar-refractivity contribution in [3.05, 3.63) is 35.9 Å². The van der Waals surface area contributed by atoms with Gasteiger partial charge in [0.25, 0.3) is 10.1 Å². The molecule has 0 atom stereocenters. The predicted molar refractivity (Wildman–Crippen MR) is 66.7 cm³/mol. The maximum absolute atomic E-state index is 10.4. The Bertz CT molecular complexity index is 414. The normalized spacial score (nSPS) is 16.4. The van der Waals surface area contributed by atoms with Crippen molar-refractivity contribution < 1.29 is 13.0 Å². The molecule has 17 heavy (non-hydrogen) atoms. The Morgan fingerprint density at radius 2 is 1.71 bits per heavy atom. The zero-order valence-electron chi connectivity index (χ0n) is 9.62. The van der Waals surface area contributed by atoms with Crippen molar-refractivity contribution in [2.75, 3.05) is 13.1 Å². The molecule has 0 radical (unpaired) electrons. The van der Waals surface area contributed by atoms with E-state index < -0.39 is 10.1 Å². The van der Waals surface area contributed by atoms with E-state index >= 15 is 0 Å². The summed E-state index contributed by atoms with van der Waals surface area (Å²) in [5.74, 6) is 5.06. The fourth-order valence-corrected chi connectivity index (χ4v) is 2.14. The number of nitrogens with zero attached hydrogens (tertiary/aromatic N) is 1. The quantitative estimate of drug-likeness (QED) is 0.611. The third-order valence-corrected chi connectivity index (χ3v) is 3.03. The monoisotopic (exact) mass is 258 g/mol. The van der Waals surface area contributed by atoms with Gasteiger partial charge in [-0.1, -0.05) is 30.3 Å². The third kappa shape index (κ3) is 7.06. The second-order valence-electron chi connectivity index (χ2n) is 3.95. The summed E-state index contributed by atoms with van der Waals surface area (Å²) in [5, 5.41) is 1.86. The van der Waals surface area contributed by atoms with E-state index in [-0.39, 0.29) is 5.75 Å². The molecule has 3 N–H and O–H groups in total. The molecule has 1 saturated heterocycles. The number of benzene rings is 1. The van der Waals surface area contributed by atoms with E-state index in [1.165, 1.54) is 12.8 Å². The lowest BCUT2D eigenvalue weighted by Crippen LogP contribution is -2.26. The summed E-state index contributed by atoms with van der Waals surface area (Å²) < 4.78 is 29.2. The molecule has 0 unspecified atom stereocenters. The van der Waals surface area contributed by atoms with E-state index in [1.807, 2.05) is 5.01 Å². The molecule has 0 aliphatic carbocycles. The van der Waals surface area contributed by atoms with Crippen LogP contribution in [-0.4, -0.2) is 31.1 Å². The van der Waals surface area contributed by atoms with Gasteiger partial charge in [-0.25, -0.2) is 5.01 Å². The fourth-order valence-electron chi connectivity index (χ4n) is 1.53. The Morgan fingerprint density at radius 1 is 1.18 bits per heavy atom. The van der Waals surface area contributed by atoms with Gasteiger partial charge in [-0.3, -0.25) is 10.4 Å². The molecule has 96 valence electrons. The van der Waals surface area contributed by atoms with Gasteiger partial charge in [0.1, 0.15) is 5.75 Å². The Labute approximate surface area is 102 Å². The van der Waals surface area contributed by atoms with Crippen molar-refractivity contribution in [2.45, 2.75) is 18.6 Å². The molecular formula is C11H18N2O3S. The molecule has 1 aliphatic rings. The van der Waals surface area contributed by atoms with E-state index in [9.17, 15) is 8.42 Å². The lowest BCUT2D eigenvalue weighted by atomic mass is 10.2. The number of hydrogen-bond donors (Lipinski definition) is 2. The van der Waals surface area contributed by atoms with Gasteiger partial charge in [-0.05, 0) is 18.4 Å². The van der Waals surface area contributed by atoms with Crippen molar-refractivity contribution in [3.63, 3.8) is 0 Å². The zero-order valence-corrected chi connectivity index (χ0v) is 10.4. The maximum atomic E-state index is 10.4. The Hall–Kier alpha value is -0.950. The van der Waals surface area contributed by atoms with Gasteiger partial charge >= 0.3 is 0 Å². The maximum Gasteiger partial charge on any atom is 0.269 e. The molecule has 0 spiro atoms. The van der Waals surface area contributed by atoms with E-state index in [1.54, 1.807) is 30.3 Å². The molecule has 1 aliphatic heterocycles. The highest BCUT2D eigenvalue weighted by Crippen LogP contribution is 2.02. The summed E-state index contributed by atoms with van der Waals surface area (Å²) in [7, 11) is -3.88. The lowest BCUT2D eigenvalue weighted by Gasteiger charge is -2.01. The first-order chi connectivity index (χ1) is 7.97. The Balaban J connectivity index is 0.000000202. The van der Waals surface area contributed by atoms with E-state index in [0.717, 1.165) is 13.1 Å². The summed E-state index contributed by atoms with van der Waals surface area (Å²) >= 11 is 0. The molecule has 0 saturated carbocycles. The molecule has 1 fully saturated rings. The molecule has 0 aromatic heterocycles. The van der Waals surface area contributed by atoms with Crippen LogP contribution in [0.5, 0.6) is 0 Å².